The average Bonchev–Trinajstić information content (AvgIpc) is 2.98. The second kappa shape index (κ2) is 6.97. The molecule has 5 nitrogen and oxygen atoms in total. The highest BCUT2D eigenvalue weighted by molar-refractivity contribution is 5.88. The van der Waals surface area contributed by atoms with Crippen molar-refractivity contribution in [3.63, 3.8) is 0 Å². The van der Waals surface area contributed by atoms with E-state index in [-0.39, 0.29) is 16.5 Å². The Labute approximate surface area is 170 Å². The first kappa shape index (κ1) is 17.8. The minimum Gasteiger partial charge on any atom is -0.872 e. The van der Waals surface area contributed by atoms with Crippen molar-refractivity contribution in [2.45, 2.75) is 0 Å². The molecule has 5 heteroatoms. The van der Waals surface area contributed by atoms with E-state index in [0.29, 0.717) is 33.4 Å². The number of hydrogen-bond acceptors (Lipinski definition) is 5. The lowest BCUT2D eigenvalue weighted by Gasteiger charge is -2.12. The Bertz CT molecular complexity index is 1520. The lowest BCUT2D eigenvalue weighted by molar-refractivity contribution is -0.268. The lowest BCUT2D eigenvalue weighted by Crippen LogP contribution is -2.27. The molecule has 2 heterocycles. The van der Waals surface area contributed by atoms with E-state index in [1.54, 1.807) is 60.7 Å². The molecule has 0 saturated heterocycles. The number of allylic oxidation sites excluding steroid dienone is 3. The summed E-state index contributed by atoms with van der Waals surface area (Å²) in [7, 11) is 0. The molecule has 0 spiro atoms. The third kappa shape index (κ3) is 2.84. The van der Waals surface area contributed by atoms with E-state index in [9.17, 15) is 14.7 Å². The van der Waals surface area contributed by atoms with Gasteiger partial charge in [0.2, 0.25) is 0 Å². The van der Waals surface area contributed by atoms with Gasteiger partial charge in [-0.15, -0.1) is 24.0 Å². The summed E-state index contributed by atoms with van der Waals surface area (Å²) in [5.74, 6) is 0.235. The first-order chi connectivity index (χ1) is 14.6. The van der Waals surface area contributed by atoms with Crippen LogP contribution in [-0.4, -0.2) is 0 Å². The maximum absolute atomic E-state index is 12.9. The Hall–Kier alpha value is -4.25. The smallest absolute Gasteiger partial charge is 0.337 e. The molecule has 1 aliphatic heterocycles. The molecule has 2 aliphatic carbocycles. The molecule has 0 unspecified atom stereocenters. The highest BCUT2D eigenvalue weighted by Crippen LogP contribution is 2.31. The summed E-state index contributed by atoms with van der Waals surface area (Å²) in [6, 6.07) is 14.8. The first-order valence-electron chi connectivity index (χ1n) is 9.32. The third-order valence-corrected chi connectivity index (χ3v) is 4.99. The number of fused-ring (bicyclic) bond motifs is 2. The minimum absolute atomic E-state index is 0.172. The Kier molecular flexibility index (Phi) is 4.14. The van der Waals surface area contributed by atoms with Crippen molar-refractivity contribution in [1.29, 1.82) is 0 Å². The van der Waals surface area contributed by atoms with Crippen molar-refractivity contribution in [1.82, 2.24) is 0 Å². The molecular formula is C25H14O5-2. The van der Waals surface area contributed by atoms with E-state index >= 15 is 0 Å². The van der Waals surface area contributed by atoms with Crippen molar-refractivity contribution in [2.75, 3.05) is 0 Å². The molecule has 3 aliphatic rings. The van der Waals surface area contributed by atoms with Crippen molar-refractivity contribution in [3.05, 3.63) is 121 Å². The van der Waals surface area contributed by atoms with Gasteiger partial charge in [-0.3, -0.25) is 4.79 Å². The Balaban J connectivity index is 2.01. The fourth-order valence-corrected chi connectivity index (χ4v) is 3.68. The van der Waals surface area contributed by atoms with E-state index in [0.717, 1.165) is 0 Å². The molecular weight excluding hydrogens is 380 g/mol. The van der Waals surface area contributed by atoms with Crippen molar-refractivity contribution in [2.24, 2.45) is 0 Å². The molecule has 0 bridgehead atoms. The summed E-state index contributed by atoms with van der Waals surface area (Å²) in [6.45, 7) is 0. The van der Waals surface area contributed by atoms with Crippen LogP contribution in [0.1, 0.15) is 16.7 Å². The van der Waals surface area contributed by atoms with E-state index in [1.807, 2.05) is 12.1 Å². The van der Waals surface area contributed by atoms with E-state index < -0.39 is 11.3 Å². The normalized spacial score (nSPS) is 13.6. The van der Waals surface area contributed by atoms with Crippen LogP contribution < -0.4 is 27.0 Å². The first-order valence-corrected chi connectivity index (χ1v) is 9.32. The van der Waals surface area contributed by atoms with Gasteiger partial charge in [0.25, 0.3) is 5.63 Å². The standard InChI is InChI=1S/C25H15O5/c26-16-13-11-15(12-14-16)21(22-17-7-3-1-5-9-19(17)29-24(22)27)23-18-8-4-2-6-10-20(18)30-25(23)28/h1-14,26H/q-1/p-1. The predicted octanol–water partition coefficient (Wildman–Crippen LogP) is 2.10. The van der Waals surface area contributed by atoms with Crippen LogP contribution in [0.4, 0.5) is 0 Å². The molecule has 0 fully saturated rings. The number of benzene rings is 1. The van der Waals surface area contributed by atoms with Crippen LogP contribution in [0.5, 0.6) is 5.75 Å². The van der Waals surface area contributed by atoms with Gasteiger partial charge < -0.3 is 13.9 Å². The number of rotatable bonds is 2. The second-order valence-electron chi connectivity index (χ2n) is 6.81. The van der Waals surface area contributed by atoms with Gasteiger partial charge in [0, 0.05) is 11.1 Å². The zero-order valence-corrected chi connectivity index (χ0v) is 15.6. The van der Waals surface area contributed by atoms with Crippen LogP contribution in [0.2, 0.25) is 0 Å². The van der Waals surface area contributed by atoms with Crippen LogP contribution >= 0.6 is 0 Å². The molecule has 0 atom stereocenters. The van der Waals surface area contributed by atoms with Gasteiger partial charge in [-0.25, -0.2) is 4.79 Å². The summed E-state index contributed by atoms with van der Waals surface area (Å²) in [5, 5.41) is 11.9. The van der Waals surface area contributed by atoms with E-state index in [1.165, 1.54) is 12.1 Å². The van der Waals surface area contributed by atoms with Crippen molar-refractivity contribution in [3.8, 4) is 17.1 Å². The fraction of sp³-hybridized carbons (Fsp3) is 0. The lowest BCUT2D eigenvalue weighted by atomic mass is 9.93. The zero-order chi connectivity index (χ0) is 20.7. The van der Waals surface area contributed by atoms with Crippen LogP contribution in [0.25, 0.3) is 29.0 Å². The monoisotopic (exact) mass is 394 g/mol. The third-order valence-electron chi connectivity index (χ3n) is 4.99. The molecule has 0 N–H and O–H groups in total. The van der Waals surface area contributed by atoms with Gasteiger partial charge in [0.1, 0.15) is 5.76 Å². The highest BCUT2D eigenvalue weighted by Gasteiger charge is 2.21. The van der Waals surface area contributed by atoms with Gasteiger partial charge in [-0.1, -0.05) is 71.8 Å². The summed E-state index contributed by atoms with van der Waals surface area (Å²) >= 11 is 0. The molecule has 146 valence electrons. The van der Waals surface area contributed by atoms with Gasteiger partial charge in [-0.2, -0.15) is 0 Å². The summed E-state index contributed by atoms with van der Waals surface area (Å²) in [4.78, 5) is 25.9. The quantitative estimate of drug-likeness (QED) is 0.486. The molecule has 0 amide bonds. The molecule has 2 aromatic rings. The second-order valence-corrected chi connectivity index (χ2v) is 6.81. The van der Waals surface area contributed by atoms with Crippen LogP contribution in [-0.2, 0) is 0 Å². The number of hydrogen-bond donors (Lipinski definition) is 0. The fourth-order valence-electron chi connectivity index (χ4n) is 3.68. The highest BCUT2D eigenvalue weighted by atomic mass is 16.4. The molecule has 0 radical (unpaired) electrons. The molecule has 5 rings (SSSR count). The van der Waals surface area contributed by atoms with Crippen LogP contribution in [0.3, 0.4) is 0 Å². The Morgan fingerprint density at radius 1 is 0.833 bits per heavy atom. The summed E-state index contributed by atoms with van der Waals surface area (Å²) in [6.07, 6.45) is 8.86. The average molecular weight is 394 g/mol. The van der Waals surface area contributed by atoms with Gasteiger partial charge in [0.15, 0.2) is 0 Å². The van der Waals surface area contributed by atoms with E-state index in [4.69, 9.17) is 8.83 Å². The topological polar surface area (TPSA) is 83.5 Å². The van der Waals surface area contributed by atoms with Gasteiger partial charge in [-0.05, 0) is 16.8 Å². The van der Waals surface area contributed by atoms with Crippen molar-refractivity contribution >= 4 is 17.7 Å². The molecule has 30 heavy (non-hydrogen) atoms. The predicted molar refractivity (Wildman–Crippen MR) is 112 cm³/mol. The Morgan fingerprint density at radius 2 is 1.63 bits per heavy atom. The van der Waals surface area contributed by atoms with Gasteiger partial charge >= 0.3 is 5.63 Å². The van der Waals surface area contributed by atoms with Crippen LogP contribution in [0.15, 0.2) is 91.2 Å². The molecule has 1 aromatic carbocycles. The van der Waals surface area contributed by atoms with Crippen LogP contribution in [0, 0.1) is 0 Å². The summed E-state index contributed by atoms with van der Waals surface area (Å²) in [5.41, 5.74) is 1.60. The molecule has 0 saturated carbocycles. The largest absolute Gasteiger partial charge is 0.872 e. The minimum atomic E-state index is -0.563. The summed E-state index contributed by atoms with van der Waals surface area (Å²) < 4.78 is 11.0. The SMILES string of the molecule is O=c1oc2cccccc-2c1C(c1ccc([O-])cc1)=c1c(=O)oc2[c-]1C=CC=CC=2. The zero-order valence-electron chi connectivity index (χ0n) is 15.6. The number of furan rings is 2. The maximum atomic E-state index is 12.9. The molecule has 1 aromatic heterocycles. The van der Waals surface area contributed by atoms with E-state index in [2.05, 4.69) is 0 Å². The van der Waals surface area contributed by atoms with Crippen molar-refractivity contribution < 1.29 is 13.9 Å². The van der Waals surface area contributed by atoms with Gasteiger partial charge in [0.05, 0.1) is 5.42 Å². The Morgan fingerprint density at radius 3 is 2.47 bits per heavy atom. The maximum Gasteiger partial charge on any atom is 0.337 e.